The zero-order chi connectivity index (χ0) is 17.9. The number of morpholine rings is 1. The van der Waals surface area contributed by atoms with Gasteiger partial charge in [0.15, 0.2) is 0 Å². The predicted octanol–water partition coefficient (Wildman–Crippen LogP) is 2.88. The average Bonchev–Trinajstić information content (AvgIpc) is 2.68. The van der Waals surface area contributed by atoms with Gasteiger partial charge in [-0.05, 0) is 24.3 Å². The first-order chi connectivity index (χ1) is 12.7. The minimum atomic E-state index is -0.648. The number of benzene rings is 2. The largest absolute Gasteiger partial charge is 0.422 e. The number of carbonyl (C=O) groups excluding carboxylic acids is 1. The Balaban J connectivity index is 1.65. The van der Waals surface area contributed by atoms with E-state index in [0.717, 1.165) is 18.8 Å². The summed E-state index contributed by atoms with van der Waals surface area (Å²) in [5, 5.41) is 3.56. The minimum absolute atomic E-state index is 0.0134. The lowest BCUT2D eigenvalue weighted by molar-refractivity contribution is 0.102. The van der Waals surface area contributed by atoms with Gasteiger partial charge in [0, 0.05) is 18.5 Å². The SMILES string of the molecule is O=C(Nc1ccccc1N1CCOCC1)c1cc2ccccc2oc1=O. The Bertz CT molecular complexity index is 1010. The lowest BCUT2D eigenvalue weighted by Crippen LogP contribution is -2.36. The molecular formula is C20H18N2O4. The smallest absolute Gasteiger partial charge is 0.349 e. The average molecular weight is 350 g/mol. The van der Waals surface area contributed by atoms with Crippen molar-refractivity contribution in [2.75, 3.05) is 36.5 Å². The number of carbonyl (C=O) groups is 1. The molecule has 0 aliphatic carbocycles. The van der Waals surface area contributed by atoms with Gasteiger partial charge in [-0.2, -0.15) is 0 Å². The number of anilines is 2. The summed E-state index contributed by atoms with van der Waals surface area (Å²) in [7, 11) is 0. The number of para-hydroxylation sites is 3. The molecular weight excluding hydrogens is 332 g/mol. The van der Waals surface area contributed by atoms with Gasteiger partial charge in [0.05, 0.1) is 24.6 Å². The molecule has 132 valence electrons. The van der Waals surface area contributed by atoms with Crippen molar-refractivity contribution in [3.63, 3.8) is 0 Å². The van der Waals surface area contributed by atoms with E-state index in [1.165, 1.54) is 0 Å². The molecule has 1 aliphatic heterocycles. The van der Waals surface area contributed by atoms with Gasteiger partial charge in [0.2, 0.25) is 0 Å². The summed E-state index contributed by atoms with van der Waals surface area (Å²) in [5.41, 5.74) is 1.37. The molecule has 0 radical (unpaired) electrons. The molecule has 1 amide bonds. The number of amides is 1. The molecule has 4 rings (SSSR count). The Morgan fingerprint density at radius 3 is 2.58 bits per heavy atom. The van der Waals surface area contributed by atoms with Crippen molar-refractivity contribution < 1.29 is 13.9 Å². The van der Waals surface area contributed by atoms with Crippen LogP contribution in [0.25, 0.3) is 11.0 Å². The maximum atomic E-state index is 12.7. The summed E-state index contributed by atoms with van der Waals surface area (Å²) in [6.07, 6.45) is 0. The molecule has 2 heterocycles. The van der Waals surface area contributed by atoms with Crippen LogP contribution in [0.15, 0.2) is 63.8 Å². The van der Waals surface area contributed by atoms with Crippen LogP contribution in [0.5, 0.6) is 0 Å². The molecule has 1 aliphatic rings. The van der Waals surface area contributed by atoms with E-state index in [1.54, 1.807) is 24.3 Å². The molecule has 2 aromatic carbocycles. The van der Waals surface area contributed by atoms with Crippen molar-refractivity contribution in [1.29, 1.82) is 0 Å². The van der Waals surface area contributed by atoms with Gasteiger partial charge >= 0.3 is 5.63 Å². The maximum Gasteiger partial charge on any atom is 0.349 e. The summed E-state index contributed by atoms with van der Waals surface area (Å²) in [6, 6.07) is 16.2. The number of hydrogen-bond acceptors (Lipinski definition) is 5. The molecule has 1 N–H and O–H groups in total. The van der Waals surface area contributed by atoms with Gasteiger partial charge in [-0.3, -0.25) is 4.79 Å². The second-order valence-corrected chi connectivity index (χ2v) is 6.06. The van der Waals surface area contributed by atoms with Crippen LogP contribution in [0.2, 0.25) is 0 Å². The third kappa shape index (κ3) is 3.19. The zero-order valence-electron chi connectivity index (χ0n) is 14.1. The molecule has 0 bridgehead atoms. The second kappa shape index (κ2) is 7.01. The number of fused-ring (bicyclic) bond motifs is 1. The van der Waals surface area contributed by atoms with E-state index in [2.05, 4.69) is 10.2 Å². The first-order valence-corrected chi connectivity index (χ1v) is 8.48. The van der Waals surface area contributed by atoms with Gasteiger partial charge in [0.25, 0.3) is 5.91 Å². The fourth-order valence-corrected chi connectivity index (χ4v) is 3.07. The monoisotopic (exact) mass is 350 g/mol. The van der Waals surface area contributed by atoms with Gasteiger partial charge in [0.1, 0.15) is 11.1 Å². The van der Waals surface area contributed by atoms with E-state index in [-0.39, 0.29) is 5.56 Å². The van der Waals surface area contributed by atoms with Crippen molar-refractivity contribution in [2.24, 2.45) is 0 Å². The van der Waals surface area contributed by atoms with Gasteiger partial charge in [-0.25, -0.2) is 4.79 Å². The molecule has 6 nitrogen and oxygen atoms in total. The topological polar surface area (TPSA) is 71.8 Å². The van der Waals surface area contributed by atoms with E-state index < -0.39 is 11.5 Å². The van der Waals surface area contributed by atoms with Gasteiger partial charge < -0.3 is 19.4 Å². The Kier molecular flexibility index (Phi) is 4.41. The predicted molar refractivity (Wildman–Crippen MR) is 99.9 cm³/mol. The van der Waals surface area contributed by atoms with Crippen LogP contribution in [0.4, 0.5) is 11.4 Å². The Labute approximate surface area is 150 Å². The van der Waals surface area contributed by atoms with Crippen LogP contribution in [0.1, 0.15) is 10.4 Å². The van der Waals surface area contributed by atoms with Crippen LogP contribution in [0.3, 0.4) is 0 Å². The molecule has 1 saturated heterocycles. The molecule has 26 heavy (non-hydrogen) atoms. The molecule has 1 fully saturated rings. The van der Waals surface area contributed by atoms with E-state index in [1.807, 2.05) is 30.3 Å². The standard InChI is InChI=1S/C20H18N2O4/c23-19(15-13-14-5-1-4-8-18(14)26-20(15)24)21-16-6-2-3-7-17(16)22-9-11-25-12-10-22/h1-8,13H,9-12H2,(H,21,23). The molecule has 0 atom stereocenters. The summed E-state index contributed by atoms with van der Waals surface area (Å²) in [4.78, 5) is 27.1. The van der Waals surface area contributed by atoms with Crippen LogP contribution >= 0.6 is 0 Å². The fraction of sp³-hybridized carbons (Fsp3) is 0.200. The van der Waals surface area contributed by atoms with Crippen molar-refractivity contribution >= 4 is 28.3 Å². The summed E-state index contributed by atoms with van der Waals surface area (Å²) >= 11 is 0. The highest BCUT2D eigenvalue weighted by Gasteiger charge is 2.18. The highest BCUT2D eigenvalue weighted by Crippen LogP contribution is 2.26. The first kappa shape index (κ1) is 16.4. The number of nitrogens with one attached hydrogen (secondary N) is 1. The van der Waals surface area contributed by atoms with Gasteiger partial charge in [-0.1, -0.05) is 30.3 Å². The van der Waals surface area contributed by atoms with Crippen molar-refractivity contribution in [2.45, 2.75) is 0 Å². The first-order valence-electron chi connectivity index (χ1n) is 8.48. The molecule has 6 heteroatoms. The Morgan fingerprint density at radius 1 is 1.00 bits per heavy atom. The van der Waals surface area contributed by atoms with E-state index in [4.69, 9.17) is 9.15 Å². The lowest BCUT2D eigenvalue weighted by atomic mass is 10.1. The number of rotatable bonds is 3. The zero-order valence-corrected chi connectivity index (χ0v) is 14.1. The van der Waals surface area contributed by atoms with E-state index in [9.17, 15) is 9.59 Å². The molecule has 3 aromatic rings. The third-order valence-corrected chi connectivity index (χ3v) is 4.39. The van der Waals surface area contributed by atoms with Crippen LogP contribution in [-0.2, 0) is 4.74 Å². The van der Waals surface area contributed by atoms with Gasteiger partial charge in [-0.15, -0.1) is 0 Å². The van der Waals surface area contributed by atoms with Crippen LogP contribution < -0.4 is 15.8 Å². The molecule has 0 unspecified atom stereocenters. The quantitative estimate of drug-likeness (QED) is 0.736. The number of nitrogens with zero attached hydrogens (tertiary/aromatic N) is 1. The molecule has 0 saturated carbocycles. The van der Waals surface area contributed by atoms with Crippen molar-refractivity contribution in [3.8, 4) is 0 Å². The number of ether oxygens (including phenoxy) is 1. The summed E-state index contributed by atoms with van der Waals surface area (Å²) in [6.45, 7) is 2.81. The number of hydrogen-bond donors (Lipinski definition) is 1. The highest BCUT2D eigenvalue weighted by atomic mass is 16.5. The van der Waals surface area contributed by atoms with E-state index >= 15 is 0 Å². The minimum Gasteiger partial charge on any atom is -0.422 e. The molecule has 1 aromatic heterocycles. The normalized spacial score (nSPS) is 14.4. The Morgan fingerprint density at radius 2 is 1.73 bits per heavy atom. The molecule has 0 spiro atoms. The fourth-order valence-electron chi connectivity index (χ4n) is 3.07. The summed E-state index contributed by atoms with van der Waals surface area (Å²) < 4.78 is 10.6. The van der Waals surface area contributed by atoms with E-state index in [0.29, 0.717) is 29.9 Å². The third-order valence-electron chi connectivity index (χ3n) is 4.39. The lowest BCUT2D eigenvalue weighted by Gasteiger charge is -2.30. The maximum absolute atomic E-state index is 12.7. The van der Waals surface area contributed by atoms with Crippen LogP contribution in [0, 0.1) is 0 Å². The summed E-state index contributed by atoms with van der Waals surface area (Å²) in [5.74, 6) is -0.481. The Hall–Kier alpha value is -3.12. The second-order valence-electron chi connectivity index (χ2n) is 6.06. The van der Waals surface area contributed by atoms with Crippen molar-refractivity contribution in [1.82, 2.24) is 0 Å². The van der Waals surface area contributed by atoms with Crippen molar-refractivity contribution in [3.05, 3.63) is 70.6 Å². The van der Waals surface area contributed by atoms with Crippen LogP contribution in [-0.4, -0.2) is 32.2 Å². The highest BCUT2D eigenvalue weighted by molar-refractivity contribution is 6.06.